The molecule has 0 aromatic carbocycles. The zero-order valence-corrected chi connectivity index (χ0v) is 19.3. The number of aliphatic imine (C=N–C) groups is 2. The van der Waals surface area contributed by atoms with Crippen LogP contribution in [-0.2, 0) is 9.59 Å². The first-order chi connectivity index (χ1) is 13.8. The summed E-state index contributed by atoms with van der Waals surface area (Å²) in [5.74, 6) is -0.392. The van der Waals surface area contributed by atoms with Crippen LogP contribution in [0.3, 0.4) is 0 Å². The number of nitrogens with zero attached hydrogens (tertiary/aromatic N) is 4. The van der Waals surface area contributed by atoms with Crippen LogP contribution in [0.15, 0.2) is 32.6 Å². The molecule has 0 spiro atoms. The zero-order valence-electron chi connectivity index (χ0n) is 19.3. The summed E-state index contributed by atoms with van der Waals surface area (Å²) in [6, 6.07) is 0. The highest BCUT2D eigenvalue weighted by atomic mass is 16.3. The van der Waals surface area contributed by atoms with E-state index < -0.39 is 11.1 Å². The second-order valence-corrected chi connectivity index (χ2v) is 8.60. The van der Waals surface area contributed by atoms with Gasteiger partial charge in [0.25, 0.3) is 11.8 Å². The van der Waals surface area contributed by atoms with Gasteiger partial charge in [-0.2, -0.15) is 0 Å². The number of carbonyl (C=O) groups excluding carboxylic acids is 2. The summed E-state index contributed by atoms with van der Waals surface area (Å²) in [7, 11) is 0. The molecule has 0 saturated heterocycles. The van der Waals surface area contributed by atoms with E-state index in [2.05, 4.69) is 9.98 Å². The van der Waals surface area contributed by atoms with E-state index in [0.717, 1.165) is 0 Å². The Balaban J connectivity index is 2.15. The Bertz CT molecular complexity index is 806. The van der Waals surface area contributed by atoms with Gasteiger partial charge in [0.2, 0.25) is 0 Å². The first-order valence-electron chi connectivity index (χ1n) is 10.4. The van der Waals surface area contributed by atoms with Crippen molar-refractivity contribution in [3.63, 3.8) is 0 Å². The molecule has 2 amide bonds. The fourth-order valence-corrected chi connectivity index (χ4v) is 4.17. The SMILES string of the molecule is CCN1C(=O)C(C(C)=NCCN=C(C)C2=C(O)C(C)(C)N(CC)C2=O)=C(O)C1(C)C. The van der Waals surface area contributed by atoms with Crippen LogP contribution >= 0.6 is 0 Å². The van der Waals surface area contributed by atoms with E-state index in [1.807, 2.05) is 13.8 Å². The smallest absolute Gasteiger partial charge is 0.260 e. The third kappa shape index (κ3) is 3.63. The molecule has 0 fully saturated rings. The molecule has 30 heavy (non-hydrogen) atoms. The first kappa shape index (κ1) is 23.6. The summed E-state index contributed by atoms with van der Waals surface area (Å²) in [5.41, 5.74) is -0.0867. The monoisotopic (exact) mass is 418 g/mol. The van der Waals surface area contributed by atoms with Gasteiger partial charge < -0.3 is 20.0 Å². The third-order valence-corrected chi connectivity index (χ3v) is 6.05. The summed E-state index contributed by atoms with van der Waals surface area (Å²) in [4.78, 5) is 37.3. The molecule has 2 N–H and O–H groups in total. The number of aliphatic hydroxyl groups excluding tert-OH is 2. The van der Waals surface area contributed by atoms with Crippen molar-refractivity contribution in [3.05, 3.63) is 22.7 Å². The van der Waals surface area contributed by atoms with Crippen LogP contribution in [0.5, 0.6) is 0 Å². The Labute approximate surface area is 178 Å². The van der Waals surface area contributed by atoms with Crippen molar-refractivity contribution in [3.8, 4) is 0 Å². The van der Waals surface area contributed by atoms with E-state index in [1.54, 1.807) is 51.3 Å². The van der Waals surface area contributed by atoms with E-state index in [4.69, 9.17) is 0 Å². The highest BCUT2D eigenvalue weighted by Crippen LogP contribution is 2.35. The number of hydrogen-bond donors (Lipinski definition) is 2. The molecule has 2 aliphatic rings. The predicted molar refractivity (Wildman–Crippen MR) is 118 cm³/mol. The fourth-order valence-electron chi connectivity index (χ4n) is 4.17. The fraction of sp³-hybridized carbons (Fsp3) is 0.636. The van der Waals surface area contributed by atoms with Gasteiger partial charge in [-0.25, -0.2) is 0 Å². The van der Waals surface area contributed by atoms with Gasteiger partial charge in [0.05, 0.1) is 24.2 Å². The van der Waals surface area contributed by atoms with Crippen LogP contribution in [-0.4, -0.2) is 80.5 Å². The number of likely N-dealkylation sites (N-methyl/N-ethyl adjacent to an activating group) is 2. The van der Waals surface area contributed by atoms with Gasteiger partial charge in [0.1, 0.15) is 22.7 Å². The predicted octanol–water partition coefficient (Wildman–Crippen LogP) is 2.81. The highest BCUT2D eigenvalue weighted by Gasteiger charge is 2.46. The highest BCUT2D eigenvalue weighted by molar-refractivity contribution is 6.23. The van der Waals surface area contributed by atoms with Crippen LogP contribution in [0, 0.1) is 0 Å². The molecule has 2 aliphatic heterocycles. The lowest BCUT2D eigenvalue weighted by molar-refractivity contribution is -0.129. The van der Waals surface area contributed by atoms with E-state index >= 15 is 0 Å². The zero-order chi connectivity index (χ0) is 23.0. The van der Waals surface area contributed by atoms with Gasteiger partial charge in [-0.15, -0.1) is 0 Å². The summed E-state index contributed by atoms with van der Waals surface area (Å²) >= 11 is 0. The van der Waals surface area contributed by atoms with Crippen LogP contribution in [0.25, 0.3) is 0 Å². The molecule has 0 bridgehead atoms. The summed E-state index contributed by atoms with van der Waals surface area (Å²) in [5, 5.41) is 21.1. The van der Waals surface area contributed by atoms with Crippen LogP contribution in [0.1, 0.15) is 55.4 Å². The van der Waals surface area contributed by atoms with E-state index in [9.17, 15) is 19.8 Å². The van der Waals surface area contributed by atoms with Gasteiger partial charge in [-0.1, -0.05) is 0 Å². The lowest BCUT2D eigenvalue weighted by atomic mass is 10.0. The molecule has 2 heterocycles. The number of hydrogen-bond acceptors (Lipinski definition) is 6. The minimum Gasteiger partial charge on any atom is -0.509 e. The van der Waals surface area contributed by atoms with Crippen molar-refractivity contribution in [2.75, 3.05) is 26.2 Å². The van der Waals surface area contributed by atoms with E-state index in [0.29, 0.717) is 37.6 Å². The van der Waals surface area contributed by atoms with Crippen molar-refractivity contribution >= 4 is 23.2 Å². The molecular weight excluding hydrogens is 384 g/mol. The number of rotatable bonds is 7. The molecule has 0 aromatic heterocycles. The van der Waals surface area contributed by atoms with E-state index in [1.165, 1.54) is 0 Å². The Morgan fingerprint density at radius 3 is 1.30 bits per heavy atom. The molecule has 0 saturated carbocycles. The van der Waals surface area contributed by atoms with Crippen LogP contribution in [0.4, 0.5) is 0 Å². The van der Waals surface area contributed by atoms with Gasteiger partial charge in [0, 0.05) is 24.5 Å². The number of amides is 2. The van der Waals surface area contributed by atoms with Gasteiger partial charge in [0.15, 0.2) is 0 Å². The Kier molecular flexibility index (Phi) is 6.49. The van der Waals surface area contributed by atoms with E-state index in [-0.39, 0.29) is 34.5 Å². The van der Waals surface area contributed by atoms with Gasteiger partial charge in [-0.05, 0) is 55.4 Å². The molecule has 0 atom stereocenters. The molecule has 0 aromatic rings. The standard InChI is InChI=1S/C22H34N4O4/c1-9-25-19(29)15(17(27)21(25,5)6)13(3)23-11-12-24-14(4)16-18(28)22(7,8)26(10-2)20(16)30/h27-28H,9-12H2,1-8H3. The van der Waals surface area contributed by atoms with Crippen LogP contribution in [0.2, 0.25) is 0 Å². The van der Waals surface area contributed by atoms with Gasteiger partial charge in [-0.3, -0.25) is 19.6 Å². The van der Waals surface area contributed by atoms with Crippen molar-refractivity contribution in [1.29, 1.82) is 0 Å². The molecule has 2 rings (SSSR count). The molecule has 0 aliphatic carbocycles. The quantitative estimate of drug-likeness (QED) is 0.490. The average molecular weight is 419 g/mol. The molecule has 0 unspecified atom stereocenters. The lowest BCUT2D eigenvalue weighted by Gasteiger charge is -2.30. The normalized spacial score (nSPS) is 22.1. The minimum atomic E-state index is -0.753. The average Bonchev–Trinajstić information content (AvgIpc) is 2.93. The summed E-state index contributed by atoms with van der Waals surface area (Å²) in [6.07, 6.45) is 0. The largest absolute Gasteiger partial charge is 0.509 e. The van der Waals surface area contributed by atoms with Crippen molar-refractivity contribution in [1.82, 2.24) is 9.80 Å². The molecule has 8 nitrogen and oxygen atoms in total. The minimum absolute atomic E-state index is 0.0313. The molecule has 8 heteroatoms. The van der Waals surface area contributed by atoms with Gasteiger partial charge >= 0.3 is 0 Å². The number of carbonyl (C=O) groups is 2. The van der Waals surface area contributed by atoms with Crippen molar-refractivity contribution in [2.45, 2.75) is 66.5 Å². The second-order valence-electron chi connectivity index (χ2n) is 8.60. The third-order valence-electron chi connectivity index (χ3n) is 6.05. The van der Waals surface area contributed by atoms with Crippen LogP contribution < -0.4 is 0 Å². The Morgan fingerprint density at radius 2 is 1.07 bits per heavy atom. The summed E-state index contributed by atoms with van der Waals surface area (Å²) < 4.78 is 0. The number of aliphatic hydroxyl groups is 2. The van der Waals surface area contributed by atoms with Crippen molar-refractivity contribution in [2.24, 2.45) is 9.98 Å². The first-order valence-corrected chi connectivity index (χ1v) is 10.4. The maximum atomic E-state index is 12.6. The second kappa shape index (κ2) is 8.24. The maximum absolute atomic E-state index is 12.6. The molecular formula is C22H34N4O4. The molecule has 166 valence electrons. The molecule has 0 radical (unpaired) electrons. The van der Waals surface area contributed by atoms with Crippen molar-refractivity contribution < 1.29 is 19.8 Å². The Hall–Kier alpha value is -2.64. The topological polar surface area (TPSA) is 106 Å². The lowest BCUT2D eigenvalue weighted by Crippen LogP contribution is -2.43. The Morgan fingerprint density at radius 1 is 0.767 bits per heavy atom. The maximum Gasteiger partial charge on any atom is 0.260 e. The summed E-state index contributed by atoms with van der Waals surface area (Å²) in [6.45, 7) is 15.9.